The van der Waals surface area contributed by atoms with E-state index in [1.807, 2.05) is 16.8 Å². The molecule has 2 fully saturated rings. The molecule has 2 aliphatic rings. The standard InChI is InChI=1S/C18H28N2O/c1-2-11-20-13-17(9-10-18(20)21)19-16-8-7-14-5-3-4-6-15(14)12-16/h9-10,13-16,19H,2-8,11-12H2,1H3. The highest BCUT2D eigenvalue weighted by atomic mass is 16.1. The first-order valence-corrected chi connectivity index (χ1v) is 8.73. The molecule has 0 saturated heterocycles. The van der Waals surface area contributed by atoms with Crippen LogP contribution in [0, 0.1) is 11.8 Å². The van der Waals surface area contributed by atoms with Crippen molar-refractivity contribution in [1.82, 2.24) is 4.57 Å². The number of anilines is 1. The van der Waals surface area contributed by atoms with Crippen molar-refractivity contribution in [1.29, 1.82) is 0 Å². The van der Waals surface area contributed by atoms with E-state index in [0.717, 1.165) is 30.5 Å². The summed E-state index contributed by atoms with van der Waals surface area (Å²) in [5.41, 5.74) is 1.22. The van der Waals surface area contributed by atoms with E-state index in [4.69, 9.17) is 0 Å². The number of hydrogen-bond acceptors (Lipinski definition) is 2. The largest absolute Gasteiger partial charge is 0.381 e. The number of aromatic nitrogens is 1. The van der Waals surface area contributed by atoms with Crippen LogP contribution in [0.1, 0.15) is 58.3 Å². The third-order valence-electron chi connectivity index (χ3n) is 5.36. The molecule has 1 aromatic rings. The highest BCUT2D eigenvalue weighted by Gasteiger charge is 2.31. The van der Waals surface area contributed by atoms with Crippen molar-refractivity contribution in [2.45, 2.75) is 70.9 Å². The SMILES string of the molecule is CCCn1cc(NC2CCC3CCCCC3C2)ccc1=O. The number of rotatable bonds is 4. The molecule has 3 rings (SSSR count). The van der Waals surface area contributed by atoms with Crippen LogP contribution in [0.3, 0.4) is 0 Å². The maximum absolute atomic E-state index is 11.8. The van der Waals surface area contributed by atoms with Gasteiger partial charge in [0.05, 0.1) is 5.69 Å². The Bertz CT molecular complexity index is 522. The molecule has 2 saturated carbocycles. The molecule has 1 heterocycles. The smallest absolute Gasteiger partial charge is 0.250 e. The van der Waals surface area contributed by atoms with Gasteiger partial charge in [0.15, 0.2) is 0 Å². The lowest BCUT2D eigenvalue weighted by Crippen LogP contribution is -2.34. The van der Waals surface area contributed by atoms with Crippen LogP contribution < -0.4 is 10.9 Å². The Morgan fingerprint density at radius 2 is 1.95 bits per heavy atom. The first-order chi connectivity index (χ1) is 10.3. The minimum absolute atomic E-state index is 0.110. The van der Waals surface area contributed by atoms with Gasteiger partial charge in [-0.3, -0.25) is 4.79 Å². The van der Waals surface area contributed by atoms with E-state index in [1.54, 1.807) is 6.07 Å². The molecule has 0 amide bonds. The minimum Gasteiger partial charge on any atom is -0.381 e. The van der Waals surface area contributed by atoms with Crippen molar-refractivity contribution in [2.75, 3.05) is 5.32 Å². The number of nitrogens with zero attached hydrogens (tertiary/aromatic N) is 1. The first kappa shape index (κ1) is 14.7. The number of aryl methyl sites for hydroxylation is 1. The molecule has 0 radical (unpaired) electrons. The fraction of sp³-hybridized carbons (Fsp3) is 0.722. The lowest BCUT2D eigenvalue weighted by Gasteiger charge is -2.39. The molecule has 0 aliphatic heterocycles. The van der Waals surface area contributed by atoms with Gasteiger partial charge in [0, 0.05) is 24.8 Å². The van der Waals surface area contributed by atoms with Crippen LogP contribution in [0.15, 0.2) is 23.1 Å². The molecular weight excluding hydrogens is 260 g/mol. The normalized spacial score (nSPS) is 28.9. The van der Waals surface area contributed by atoms with Crippen LogP contribution in [0.25, 0.3) is 0 Å². The van der Waals surface area contributed by atoms with Crippen molar-refractivity contribution in [3.8, 4) is 0 Å². The van der Waals surface area contributed by atoms with Gasteiger partial charge in [0.25, 0.3) is 5.56 Å². The van der Waals surface area contributed by atoms with Gasteiger partial charge in [-0.15, -0.1) is 0 Å². The predicted molar refractivity (Wildman–Crippen MR) is 87.7 cm³/mol. The quantitative estimate of drug-likeness (QED) is 0.907. The average molecular weight is 288 g/mol. The molecule has 2 aliphatic carbocycles. The van der Waals surface area contributed by atoms with E-state index in [2.05, 4.69) is 12.2 Å². The second-order valence-corrected chi connectivity index (χ2v) is 6.91. The topological polar surface area (TPSA) is 34.0 Å². The number of nitrogens with one attached hydrogen (secondary N) is 1. The third-order valence-corrected chi connectivity index (χ3v) is 5.36. The van der Waals surface area contributed by atoms with Crippen LogP contribution >= 0.6 is 0 Å². The molecule has 0 spiro atoms. The molecule has 3 unspecified atom stereocenters. The molecular formula is C18H28N2O. The molecule has 116 valence electrons. The first-order valence-electron chi connectivity index (χ1n) is 8.73. The maximum atomic E-state index is 11.8. The van der Waals surface area contributed by atoms with Gasteiger partial charge in [-0.25, -0.2) is 0 Å². The summed E-state index contributed by atoms with van der Waals surface area (Å²) in [4.78, 5) is 11.8. The van der Waals surface area contributed by atoms with Gasteiger partial charge < -0.3 is 9.88 Å². The van der Waals surface area contributed by atoms with Crippen molar-refractivity contribution < 1.29 is 0 Å². The van der Waals surface area contributed by atoms with Gasteiger partial charge in [0.2, 0.25) is 0 Å². The fourth-order valence-corrected chi connectivity index (χ4v) is 4.27. The van der Waals surface area contributed by atoms with Crippen molar-refractivity contribution in [2.24, 2.45) is 11.8 Å². The Hall–Kier alpha value is -1.25. The molecule has 1 aromatic heterocycles. The zero-order chi connectivity index (χ0) is 14.7. The summed E-state index contributed by atoms with van der Waals surface area (Å²) in [6.45, 7) is 2.92. The highest BCUT2D eigenvalue weighted by Crippen LogP contribution is 2.41. The average Bonchev–Trinajstić information content (AvgIpc) is 2.51. The number of pyridine rings is 1. The van der Waals surface area contributed by atoms with E-state index in [1.165, 1.54) is 44.9 Å². The van der Waals surface area contributed by atoms with E-state index in [-0.39, 0.29) is 5.56 Å². The zero-order valence-electron chi connectivity index (χ0n) is 13.2. The minimum atomic E-state index is 0.110. The summed E-state index contributed by atoms with van der Waals surface area (Å²) in [7, 11) is 0. The second kappa shape index (κ2) is 6.67. The molecule has 21 heavy (non-hydrogen) atoms. The van der Waals surface area contributed by atoms with Gasteiger partial charge in [-0.05, 0) is 43.6 Å². The zero-order valence-corrected chi connectivity index (χ0v) is 13.2. The van der Waals surface area contributed by atoms with Crippen molar-refractivity contribution in [3.05, 3.63) is 28.7 Å². The van der Waals surface area contributed by atoms with Gasteiger partial charge in [-0.1, -0.05) is 32.6 Å². The Kier molecular flexibility index (Phi) is 4.67. The molecule has 0 aromatic carbocycles. The fourth-order valence-electron chi connectivity index (χ4n) is 4.27. The maximum Gasteiger partial charge on any atom is 0.250 e. The predicted octanol–water partition coefficient (Wildman–Crippen LogP) is 4.03. The Morgan fingerprint density at radius 1 is 1.14 bits per heavy atom. The van der Waals surface area contributed by atoms with Crippen LogP contribution in [-0.4, -0.2) is 10.6 Å². The molecule has 1 N–H and O–H groups in total. The summed E-state index contributed by atoms with van der Waals surface area (Å²) in [6.07, 6.45) is 12.7. The Labute approximate surface area is 127 Å². The van der Waals surface area contributed by atoms with Crippen LogP contribution in [0.4, 0.5) is 5.69 Å². The van der Waals surface area contributed by atoms with Crippen LogP contribution in [0.5, 0.6) is 0 Å². The summed E-state index contributed by atoms with van der Waals surface area (Å²) in [6, 6.07) is 4.24. The van der Waals surface area contributed by atoms with Gasteiger partial charge in [-0.2, -0.15) is 0 Å². The summed E-state index contributed by atoms with van der Waals surface area (Å²) >= 11 is 0. The van der Waals surface area contributed by atoms with E-state index >= 15 is 0 Å². The monoisotopic (exact) mass is 288 g/mol. The van der Waals surface area contributed by atoms with E-state index < -0.39 is 0 Å². The van der Waals surface area contributed by atoms with Gasteiger partial charge >= 0.3 is 0 Å². The number of fused-ring (bicyclic) bond motifs is 1. The molecule has 0 bridgehead atoms. The summed E-state index contributed by atoms with van der Waals surface area (Å²) < 4.78 is 1.83. The van der Waals surface area contributed by atoms with Crippen molar-refractivity contribution in [3.63, 3.8) is 0 Å². The second-order valence-electron chi connectivity index (χ2n) is 6.91. The molecule has 3 heteroatoms. The molecule has 3 nitrogen and oxygen atoms in total. The number of hydrogen-bond donors (Lipinski definition) is 1. The highest BCUT2D eigenvalue weighted by molar-refractivity contribution is 5.41. The summed E-state index contributed by atoms with van der Waals surface area (Å²) in [5, 5.41) is 3.68. The van der Waals surface area contributed by atoms with Gasteiger partial charge in [0.1, 0.15) is 0 Å². The van der Waals surface area contributed by atoms with Crippen LogP contribution in [0.2, 0.25) is 0 Å². The Balaban J connectivity index is 1.64. The lowest BCUT2D eigenvalue weighted by molar-refractivity contribution is 0.162. The van der Waals surface area contributed by atoms with E-state index in [0.29, 0.717) is 6.04 Å². The molecule has 3 atom stereocenters. The van der Waals surface area contributed by atoms with Crippen molar-refractivity contribution >= 4 is 5.69 Å². The third kappa shape index (κ3) is 3.50. The summed E-state index contributed by atoms with van der Waals surface area (Å²) in [5.74, 6) is 1.93. The van der Waals surface area contributed by atoms with E-state index in [9.17, 15) is 4.79 Å². The Morgan fingerprint density at radius 3 is 2.76 bits per heavy atom. The lowest BCUT2D eigenvalue weighted by atomic mass is 9.69. The van der Waals surface area contributed by atoms with Crippen LogP contribution in [-0.2, 0) is 6.54 Å².